The molecule has 0 saturated heterocycles. The molecular weight excluding hydrogens is 532 g/mol. The molecule has 3 unspecified atom stereocenters. The summed E-state index contributed by atoms with van der Waals surface area (Å²) in [7, 11) is 0. The van der Waals surface area contributed by atoms with Crippen molar-refractivity contribution in [3.63, 3.8) is 0 Å². The predicted octanol–water partition coefficient (Wildman–Crippen LogP) is 9.65. The minimum atomic E-state index is -1.46. The van der Waals surface area contributed by atoms with Crippen LogP contribution in [0.4, 0.5) is 0 Å². The molecule has 0 spiro atoms. The highest BCUT2D eigenvalue weighted by Gasteiger charge is 2.74. The van der Waals surface area contributed by atoms with Crippen LogP contribution in [0.5, 0.6) is 0 Å². The number of unbranched alkanes of at least 4 members (excludes halogenated alkanes) is 6. The summed E-state index contributed by atoms with van der Waals surface area (Å²) in [5.74, 6) is -3.56. The molecule has 3 atom stereocenters. The largest absolute Gasteiger partial charge is 0.345 e. The predicted molar refractivity (Wildman–Crippen MR) is 169 cm³/mol. The van der Waals surface area contributed by atoms with Crippen molar-refractivity contribution < 1.29 is 33.5 Å². The molecule has 2 aliphatic rings. The second-order valence-corrected chi connectivity index (χ2v) is 14.0. The van der Waals surface area contributed by atoms with Crippen molar-refractivity contribution in [1.82, 2.24) is 0 Å². The van der Waals surface area contributed by atoms with Gasteiger partial charge in [0, 0.05) is 12.8 Å². The van der Waals surface area contributed by atoms with Gasteiger partial charge in [0.2, 0.25) is 5.79 Å². The first kappa shape index (κ1) is 37.9. The third kappa shape index (κ3) is 11.3. The fourth-order valence-corrected chi connectivity index (χ4v) is 6.10. The Morgan fingerprint density at radius 2 is 1.26 bits per heavy atom. The van der Waals surface area contributed by atoms with E-state index in [1.54, 1.807) is 0 Å². The second-order valence-electron chi connectivity index (χ2n) is 14.0. The van der Waals surface area contributed by atoms with Crippen LogP contribution >= 0.6 is 0 Å². The third-order valence-electron chi connectivity index (χ3n) is 8.31. The SMILES string of the molecule is CCCCCCOOC1(OC2CCCC2)CCCC(OCCCC)(OC(C)(C)C)C1(OCCCCC)OCCC(C)C. The fourth-order valence-electron chi connectivity index (χ4n) is 6.10. The van der Waals surface area contributed by atoms with Crippen LogP contribution in [-0.2, 0) is 33.5 Å². The molecular formula is C35H68O7. The van der Waals surface area contributed by atoms with Crippen molar-refractivity contribution in [2.45, 2.75) is 194 Å². The van der Waals surface area contributed by atoms with Gasteiger partial charge in [0.25, 0.3) is 11.6 Å². The van der Waals surface area contributed by atoms with Gasteiger partial charge in [0.1, 0.15) is 0 Å². The summed E-state index contributed by atoms with van der Waals surface area (Å²) in [6.07, 6.45) is 16.6. The Labute approximate surface area is 259 Å². The van der Waals surface area contributed by atoms with Gasteiger partial charge in [-0.1, -0.05) is 86.0 Å². The summed E-state index contributed by atoms with van der Waals surface area (Å²) in [6, 6.07) is 0. The summed E-state index contributed by atoms with van der Waals surface area (Å²) in [5.41, 5.74) is -0.525. The molecule has 0 heterocycles. The summed E-state index contributed by atoms with van der Waals surface area (Å²) < 4.78 is 35.2. The van der Waals surface area contributed by atoms with Crippen LogP contribution in [0.2, 0.25) is 0 Å². The van der Waals surface area contributed by atoms with E-state index in [2.05, 4.69) is 55.4 Å². The Morgan fingerprint density at radius 3 is 1.90 bits per heavy atom. The van der Waals surface area contributed by atoms with E-state index in [1.165, 1.54) is 12.8 Å². The van der Waals surface area contributed by atoms with E-state index in [0.717, 1.165) is 83.5 Å². The molecule has 0 amide bonds. The molecule has 2 fully saturated rings. The van der Waals surface area contributed by atoms with Gasteiger partial charge in [0.05, 0.1) is 38.1 Å². The molecule has 0 bridgehead atoms. The van der Waals surface area contributed by atoms with E-state index < -0.39 is 23.0 Å². The number of hydrogen-bond acceptors (Lipinski definition) is 7. The molecule has 2 aliphatic carbocycles. The Morgan fingerprint density at radius 1 is 0.667 bits per heavy atom. The highest BCUT2D eigenvalue weighted by Crippen LogP contribution is 2.55. The smallest absolute Gasteiger partial charge is 0.282 e. The van der Waals surface area contributed by atoms with E-state index >= 15 is 0 Å². The minimum absolute atomic E-state index is 0.0436. The second kappa shape index (κ2) is 19.3. The monoisotopic (exact) mass is 600 g/mol. The van der Waals surface area contributed by atoms with Crippen LogP contribution in [0, 0.1) is 5.92 Å². The molecule has 0 radical (unpaired) electrons. The average molecular weight is 601 g/mol. The van der Waals surface area contributed by atoms with Crippen LogP contribution in [0.15, 0.2) is 0 Å². The van der Waals surface area contributed by atoms with Gasteiger partial charge in [-0.05, 0) is 71.6 Å². The molecule has 0 aliphatic heterocycles. The molecule has 7 nitrogen and oxygen atoms in total. The van der Waals surface area contributed by atoms with Crippen molar-refractivity contribution >= 4 is 0 Å². The maximum absolute atomic E-state index is 7.12. The van der Waals surface area contributed by atoms with Crippen molar-refractivity contribution in [2.24, 2.45) is 5.92 Å². The Hall–Kier alpha value is -0.280. The standard InChI is InChI=1S/C35H68O7/c1-9-12-15-19-28-39-42-34(40-31-21-16-17-22-31)25-20-24-33(36-26-14-11-3,41-32(6,7)8)35(34,37-27-18-13-10-2)38-29-23-30(4)5/h30-31H,9-29H2,1-8H3. The van der Waals surface area contributed by atoms with Crippen LogP contribution in [0.25, 0.3) is 0 Å². The van der Waals surface area contributed by atoms with Crippen molar-refractivity contribution in [2.75, 3.05) is 26.4 Å². The zero-order valence-corrected chi connectivity index (χ0v) is 28.9. The maximum Gasteiger partial charge on any atom is 0.282 e. The molecule has 0 aromatic rings. The third-order valence-corrected chi connectivity index (χ3v) is 8.31. The number of hydrogen-bond donors (Lipinski definition) is 0. The van der Waals surface area contributed by atoms with Crippen molar-refractivity contribution in [3.8, 4) is 0 Å². The first-order chi connectivity index (χ1) is 20.1. The van der Waals surface area contributed by atoms with Crippen LogP contribution < -0.4 is 0 Å². The number of ether oxygens (including phenoxy) is 5. The average Bonchev–Trinajstić information content (AvgIpc) is 3.43. The Bertz CT molecular complexity index is 689. The van der Waals surface area contributed by atoms with Gasteiger partial charge in [-0.2, -0.15) is 4.89 Å². The van der Waals surface area contributed by atoms with Gasteiger partial charge >= 0.3 is 0 Å². The summed E-state index contributed by atoms with van der Waals surface area (Å²) >= 11 is 0. The van der Waals surface area contributed by atoms with E-state index in [9.17, 15) is 0 Å². The van der Waals surface area contributed by atoms with Gasteiger partial charge in [-0.15, -0.1) is 0 Å². The fraction of sp³-hybridized carbons (Fsp3) is 1.00. The van der Waals surface area contributed by atoms with E-state index in [0.29, 0.717) is 45.2 Å². The lowest BCUT2D eigenvalue weighted by Gasteiger charge is -2.59. The van der Waals surface area contributed by atoms with E-state index in [-0.39, 0.29) is 6.10 Å². The maximum atomic E-state index is 7.12. The lowest BCUT2D eigenvalue weighted by atomic mass is 9.80. The zero-order chi connectivity index (χ0) is 31.0. The Balaban J connectivity index is 2.66. The lowest BCUT2D eigenvalue weighted by molar-refractivity contribution is -0.568. The van der Waals surface area contributed by atoms with E-state index in [1.807, 2.05) is 0 Å². The first-order valence-electron chi connectivity index (χ1n) is 17.7. The number of rotatable bonds is 23. The molecule has 7 heteroatoms. The van der Waals surface area contributed by atoms with Crippen LogP contribution in [-0.4, -0.2) is 55.5 Å². The topological polar surface area (TPSA) is 64.6 Å². The normalized spacial score (nSPS) is 27.4. The summed E-state index contributed by atoms with van der Waals surface area (Å²) in [6.45, 7) is 19.3. The lowest BCUT2D eigenvalue weighted by Crippen LogP contribution is -2.77. The summed E-state index contributed by atoms with van der Waals surface area (Å²) in [5, 5.41) is 0. The van der Waals surface area contributed by atoms with Gasteiger partial charge in [-0.25, -0.2) is 4.89 Å². The first-order valence-corrected chi connectivity index (χ1v) is 17.7. The molecule has 42 heavy (non-hydrogen) atoms. The van der Waals surface area contributed by atoms with Gasteiger partial charge < -0.3 is 23.7 Å². The van der Waals surface area contributed by atoms with Crippen molar-refractivity contribution in [3.05, 3.63) is 0 Å². The highest BCUT2D eigenvalue weighted by molar-refractivity contribution is 5.07. The quantitative estimate of drug-likeness (QED) is 0.0501. The molecule has 0 aromatic heterocycles. The Kier molecular flexibility index (Phi) is 17.4. The van der Waals surface area contributed by atoms with Crippen LogP contribution in [0.3, 0.4) is 0 Å². The van der Waals surface area contributed by atoms with Crippen LogP contribution in [0.1, 0.15) is 165 Å². The minimum Gasteiger partial charge on any atom is -0.345 e. The molecule has 250 valence electrons. The highest BCUT2D eigenvalue weighted by atomic mass is 17.2. The molecule has 2 rings (SSSR count). The van der Waals surface area contributed by atoms with E-state index in [4.69, 9.17) is 33.5 Å². The molecule has 0 N–H and O–H groups in total. The van der Waals surface area contributed by atoms with Crippen molar-refractivity contribution in [1.29, 1.82) is 0 Å². The van der Waals surface area contributed by atoms with Gasteiger partial charge in [-0.3, -0.25) is 0 Å². The van der Waals surface area contributed by atoms with Gasteiger partial charge in [0.15, 0.2) is 0 Å². The summed E-state index contributed by atoms with van der Waals surface area (Å²) in [4.78, 5) is 12.7. The zero-order valence-electron chi connectivity index (χ0n) is 28.9. The molecule has 2 saturated carbocycles. The molecule has 0 aromatic carbocycles.